The third-order valence-corrected chi connectivity index (χ3v) is 7.81. The van der Waals surface area contributed by atoms with Gasteiger partial charge < -0.3 is 0 Å². The Balaban J connectivity index is 1.93. The minimum atomic E-state index is -0.534. The van der Waals surface area contributed by atoms with Gasteiger partial charge in [-0.3, -0.25) is 0 Å². The van der Waals surface area contributed by atoms with E-state index in [2.05, 4.69) is 13.8 Å². The van der Waals surface area contributed by atoms with E-state index in [1.807, 2.05) is 0 Å². The van der Waals surface area contributed by atoms with E-state index in [1.54, 1.807) is 0 Å². The van der Waals surface area contributed by atoms with Gasteiger partial charge in [0.2, 0.25) is 0 Å². The average molecular weight is 274 g/mol. The van der Waals surface area contributed by atoms with Crippen LogP contribution in [-0.2, 0) is 0 Å². The van der Waals surface area contributed by atoms with Crippen molar-refractivity contribution in [3.8, 4) is 0 Å². The number of halogens is 4. The van der Waals surface area contributed by atoms with Gasteiger partial charge >= 0.3 is 0 Å². The normalized spacial score (nSPS) is 61.3. The lowest BCUT2D eigenvalue weighted by atomic mass is 9.84. The van der Waals surface area contributed by atoms with Gasteiger partial charge in [0.15, 0.2) is 0 Å². The predicted molar refractivity (Wildman–Crippen MR) is 61.3 cm³/mol. The van der Waals surface area contributed by atoms with Gasteiger partial charge in [-0.25, -0.2) is 0 Å². The van der Waals surface area contributed by atoms with Crippen LogP contribution in [0.2, 0.25) is 0 Å². The van der Waals surface area contributed by atoms with Gasteiger partial charge in [-0.2, -0.15) is 0 Å². The van der Waals surface area contributed by atoms with Gasteiger partial charge in [0.25, 0.3) is 0 Å². The first-order chi connectivity index (χ1) is 6.18. The van der Waals surface area contributed by atoms with Crippen LogP contribution >= 0.6 is 46.4 Å². The van der Waals surface area contributed by atoms with Crippen molar-refractivity contribution in [3.05, 3.63) is 0 Å². The van der Waals surface area contributed by atoms with Gasteiger partial charge in [-0.05, 0) is 12.8 Å². The lowest BCUT2D eigenvalue weighted by Crippen LogP contribution is -2.13. The Bertz CT molecular complexity index is 292. The molecule has 0 amide bonds. The number of fused-ring (bicyclic) bond motifs is 2. The van der Waals surface area contributed by atoms with Crippen molar-refractivity contribution in [1.29, 1.82) is 0 Å². The molecule has 0 nitrogen and oxygen atoms in total. The summed E-state index contributed by atoms with van der Waals surface area (Å²) in [7, 11) is 0. The van der Waals surface area contributed by atoms with Gasteiger partial charge in [0, 0.05) is 22.7 Å². The maximum atomic E-state index is 6.27. The molecule has 0 radical (unpaired) electrons. The Morgan fingerprint density at radius 1 is 0.786 bits per heavy atom. The third kappa shape index (κ3) is 0.805. The molecule has 0 aromatic heterocycles. The summed E-state index contributed by atoms with van der Waals surface area (Å²) in [4.78, 5) is 0. The van der Waals surface area contributed by atoms with Crippen molar-refractivity contribution in [3.63, 3.8) is 0 Å². The maximum Gasteiger partial charge on any atom is 0.127 e. The molecule has 3 rings (SSSR count). The number of alkyl halides is 4. The summed E-state index contributed by atoms with van der Waals surface area (Å²) in [5.74, 6) is 0.748. The predicted octanol–water partition coefficient (Wildman–Crippen LogP) is 4.40. The molecular formula is C10H12Cl4. The summed E-state index contributed by atoms with van der Waals surface area (Å²) in [6, 6.07) is 0. The van der Waals surface area contributed by atoms with E-state index in [0.717, 1.165) is 12.8 Å². The SMILES string of the molecule is C[C@]12C[C@@H]3C(Cl)(Cl)[C@]3(C)C[C@H]1C2(Cl)Cl. The fraction of sp³-hybridized carbons (Fsp3) is 1.00. The van der Waals surface area contributed by atoms with Gasteiger partial charge in [-0.15, -0.1) is 46.4 Å². The van der Waals surface area contributed by atoms with Gasteiger partial charge in [0.05, 0.1) is 0 Å². The first-order valence-corrected chi connectivity index (χ1v) is 6.45. The molecular weight excluding hydrogens is 262 g/mol. The molecule has 80 valence electrons. The quantitative estimate of drug-likeness (QED) is 0.574. The van der Waals surface area contributed by atoms with Crippen molar-refractivity contribution in [1.82, 2.24) is 0 Å². The van der Waals surface area contributed by atoms with Gasteiger partial charge in [-0.1, -0.05) is 13.8 Å². The summed E-state index contributed by atoms with van der Waals surface area (Å²) >= 11 is 25.1. The van der Waals surface area contributed by atoms with Crippen LogP contribution in [0.1, 0.15) is 26.7 Å². The zero-order chi connectivity index (χ0) is 10.6. The molecule has 0 aromatic rings. The van der Waals surface area contributed by atoms with Crippen LogP contribution in [0.3, 0.4) is 0 Å². The zero-order valence-electron chi connectivity index (χ0n) is 8.08. The molecule has 4 heteroatoms. The molecule has 4 atom stereocenters. The lowest BCUT2D eigenvalue weighted by molar-refractivity contribution is 0.283. The van der Waals surface area contributed by atoms with Crippen molar-refractivity contribution in [2.45, 2.75) is 35.4 Å². The van der Waals surface area contributed by atoms with E-state index in [9.17, 15) is 0 Å². The second-order valence-corrected chi connectivity index (χ2v) is 8.37. The van der Waals surface area contributed by atoms with Crippen LogP contribution in [0.15, 0.2) is 0 Å². The Labute approximate surface area is 104 Å². The van der Waals surface area contributed by atoms with Crippen molar-refractivity contribution in [2.75, 3.05) is 0 Å². The van der Waals surface area contributed by atoms with Crippen LogP contribution in [0.5, 0.6) is 0 Å². The molecule has 3 fully saturated rings. The fourth-order valence-electron chi connectivity index (χ4n) is 3.46. The highest BCUT2D eigenvalue weighted by atomic mass is 35.5. The molecule has 0 aromatic carbocycles. The standard InChI is InChI=1S/C10H12Cl4/c1-7-3-6-8(2,10(6,13)14)4-5(7)9(7,11)12/h5-6H,3-4H2,1-2H3/t5-,6+,7+,8-. The summed E-state index contributed by atoms with van der Waals surface area (Å²) in [5.41, 5.74) is 0.0949. The second kappa shape index (κ2) is 2.23. The van der Waals surface area contributed by atoms with E-state index in [0.29, 0.717) is 11.8 Å². The monoisotopic (exact) mass is 272 g/mol. The van der Waals surface area contributed by atoms with Crippen LogP contribution in [0.4, 0.5) is 0 Å². The van der Waals surface area contributed by atoms with Crippen LogP contribution < -0.4 is 0 Å². The molecule has 3 aliphatic carbocycles. The molecule has 3 aliphatic rings. The number of rotatable bonds is 0. The number of hydrogen-bond acceptors (Lipinski definition) is 0. The Morgan fingerprint density at radius 2 is 1.07 bits per heavy atom. The smallest absolute Gasteiger partial charge is 0.101 e. The second-order valence-electron chi connectivity index (χ2n) is 5.59. The highest BCUT2D eigenvalue weighted by Gasteiger charge is 2.86. The fourth-order valence-corrected chi connectivity index (χ4v) is 5.35. The molecule has 0 bridgehead atoms. The molecule has 14 heavy (non-hydrogen) atoms. The molecule has 0 saturated heterocycles. The average Bonchev–Trinajstić information content (AvgIpc) is 2.65. The van der Waals surface area contributed by atoms with E-state index in [1.165, 1.54) is 0 Å². The summed E-state index contributed by atoms with van der Waals surface area (Å²) in [6.07, 6.45) is 1.93. The largest absolute Gasteiger partial charge is 0.127 e. The maximum absolute atomic E-state index is 6.27. The first-order valence-electron chi connectivity index (χ1n) is 4.93. The molecule has 0 N–H and O–H groups in total. The Hall–Kier alpha value is 1.16. The van der Waals surface area contributed by atoms with Crippen LogP contribution in [0, 0.1) is 22.7 Å². The van der Waals surface area contributed by atoms with Crippen LogP contribution in [-0.4, -0.2) is 8.67 Å². The van der Waals surface area contributed by atoms with E-state index < -0.39 is 8.67 Å². The Kier molecular flexibility index (Phi) is 1.64. The van der Waals surface area contributed by atoms with Crippen molar-refractivity contribution in [2.24, 2.45) is 22.7 Å². The van der Waals surface area contributed by atoms with Crippen molar-refractivity contribution >= 4 is 46.4 Å². The highest BCUT2D eigenvalue weighted by molar-refractivity contribution is 6.53. The summed E-state index contributed by atoms with van der Waals surface area (Å²) < 4.78 is -1.07. The minimum Gasteiger partial charge on any atom is -0.101 e. The van der Waals surface area contributed by atoms with E-state index in [4.69, 9.17) is 46.4 Å². The minimum absolute atomic E-state index is 0.0474. The van der Waals surface area contributed by atoms with Crippen LogP contribution in [0.25, 0.3) is 0 Å². The summed E-state index contributed by atoms with van der Waals surface area (Å²) in [6.45, 7) is 4.30. The molecule has 0 aliphatic heterocycles. The molecule has 0 unspecified atom stereocenters. The summed E-state index contributed by atoms with van der Waals surface area (Å²) in [5, 5.41) is 0. The van der Waals surface area contributed by atoms with Gasteiger partial charge in [0.1, 0.15) is 8.67 Å². The highest BCUT2D eigenvalue weighted by Crippen LogP contribution is 2.87. The van der Waals surface area contributed by atoms with Crippen molar-refractivity contribution < 1.29 is 0 Å². The first kappa shape index (κ1) is 10.3. The topological polar surface area (TPSA) is 0 Å². The molecule has 0 spiro atoms. The Morgan fingerprint density at radius 3 is 1.36 bits per heavy atom. The number of hydrogen-bond donors (Lipinski definition) is 0. The molecule has 3 saturated carbocycles. The lowest BCUT2D eigenvalue weighted by Gasteiger charge is -2.19. The molecule has 0 heterocycles. The third-order valence-electron chi connectivity index (χ3n) is 5.03. The van der Waals surface area contributed by atoms with E-state index in [-0.39, 0.29) is 10.8 Å². The van der Waals surface area contributed by atoms with E-state index >= 15 is 0 Å². The zero-order valence-corrected chi connectivity index (χ0v) is 11.1.